The second kappa shape index (κ2) is 6.12. The molecule has 0 saturated heterocycles. The molecule has 0 amide bonds. The first-order valence-corrected chi connectivity index (χ1v) is 6.62. The van der Waals surface area contributed by atoms with Gasteiger partial charge in [0.1, 0.15) is 5.54 Å². The van der Waals surface area contributed by atoms with E-state index in [2.05, 4.69) is 5.32 Å². The van der Waals surface area contributed by atoms with Gasteiger partial charge in [0.05, 0.1) is 6.61 Å². The van der Waals surface area contributed by atoms with Crippen molar-refractivity contribution in [2.75, 3.05) is 20.3 Å². The first-order chi connectivity index (χ1) is 8.79. The van der Waals surface area contributed by atoms with Crippen molar-refractivity contribution in [3.63, 3.8) is 0 Å². The van der Waals surface area contributed by atoms with Crippen molar-refractivity contribution in [1.29, 1.82) is 0 Å². The summed E-state index contributed by atoms with van der Waals surface area (Å²) in [6, 6.07) is 10.1. The number of methoxy groups -OCH3 is 1. The zero-order valence-electron chi connectivity index (χ0n) is 10.9. The van der Waals surface area contributed by atoms with Crippen molar-refractivity contribution in [1.82, 2.24) is 5.32 Å². The molecule has 1 atom stereocenters. The summed E-state index contributed by atoms with van der Waals surface area (Å²) < 4.78 is 5.08. The largest absolute Gasteiger partial charge is 0.383 e. The lowest BCUT2D eigenvalue weighted by molar-refractivity contribution is -0.128. The Morgan fingerprint density at radius 3 is 2.72 bits per heavy atom. The van der Waals surface area contributed by atoms with Gasteiger partial charge in [-0.3, -0.25) is 10.1 Å². The third-order valence-corrected chi connectivity index (χ3v) is 3.68. The van der Waals surface area contributed by atoms with Crippen molar-refractivity contribution in [2.45, 2.75) is 31.2 Å². The van der Waals surface area contributed by atoms with Crippen LogP contribution in [0.2, 0.25) is 0 Å². The van der Waals surface area contributed by atoms with Gasteiger partial charge in [0.15, 0.2) is 5.78 Å². The minimum absolute atomic E-state index is 0.316. The summed E-state index contributed by atoms with van der Waals surface area (Å²) in [7, 11) is 1.68. The van der Waals surface area contributed by atoms with Gasteiger partial charge in [-0.2, -0.15) is 0 Å². The molecule has 3 heteroatoms. The Morgan fingerprint density at radius 2 is 2.06 bits per heavy atom. The molecule has 0 bridgehead atoms. The average Bonchev–Trinajstić information content (AvgIpc) is 2.42. The smallest absolute Gasteiger partial charge is 0.157 e. The topological polar surface area (TPSA) is 38.3 Å². The molecule has 1 aromatic carbocycles. The molecular formula is C15H21NO2. The third-order valence-electron chi connectivity index (χ3n) is 3.68. The fourth-order valence-corrected chi connectivity index (χ4v) is 2.71. The minimum Gasteiger partial charge on any atom is -0.383 e. The van der Waals surface area contributed by atoms with Crippen LogP contribution in [0.5, 0.6) is 0 Å². The molecule has 0 spiro atoms. The van der Waals surface area contributed by atoms with Gasteiger partial charge in [0.2, 0.25) is 0 Å². The van der Waals surface area contributed by atoms with E-state index >= 15 is 0 Å². The second-order valence-electron chi connectivity index (χ2n) is 4.82. The molecule has 1 fully saturated rings. The zero-order valence-corrected chi connectivity index (χ0v) is 10.9. The lowest BCUT2D eigenvalue weighted by atomic mass is 9.75. The summed E-state index contributed by atoms with van der Waals surface area (Å²) in [5, 5.41) is 3.43. The first-order valence-electron chi connectivity index (χ1n) is 6.62. The number of benzene rings is 1. The van der Waals surface area contributed by atoms with Crippen molar-refractivity contribution in [3.8, 4) is 0 Å². The Labute approximate surface area is 109 Å². The molecule has 3 nitrogen and oxygen atoms in total. The van der Waals surface area contributed by atoms with Crippen molar-refractivity contribution in [3.05, 3.63) is 35.9 Å². The van der Waals surface area contributed by atoms with Gasteiger partial charge in [0, 0.05) is 20.1 Å². The fraction of sp³-hybridized carbons (Fsp3) is 0.533. The van der Waals surface area contributed by atoms with Crippen LogP contribution in [0.25, 0.3) is 0 Å². The molecule has 0 aromatic heterocycles. The number of hydrogen-bond acceptors (Lipinski definition) is 3. The quantitative estimate of drug-likeness (QED) is 0.811. The maximum atomic E-state index is 12.4. The number of carbonyl (C=O) groups is 1. The molecule has 98 valence electrons. The molecule has 0 unspecified atom stereocenters. The van der Waals surface area contributed by atoms with Gasteiger partial charge in [-0.1, -0.05) is 36.8 Å². The summed E-state index contributed by atoms with van der Waals surface area (Å²) in [6.07, 6.45) is 3.68. The van der Waals surface area contributed by atoms with Gasteiger partial charge in [0.25, 0.3) is 0 Å². The summed E-state index contributed by atoms with van der Waals surface area (Å²) in [4.78, 5) is 12.4. The molecule has 1 aromatic rings. The highest BCUT2D eigenvalue weighted by Crippen LogP contribution is 2.34. The van der Waals surface area contributed by atoms with E-state index in [1.54, 1.807) is 7.11 Å². The van der Waals surface area contributed by atoms with Gasteiger partial charge < -0.3 is 4.74 Å². The van der Waals surface area contributed by atoms with Gasteiger partial charge in [-0.05, 0) is 18.4 Å². The van der Waals surface area contributed by atoms with E-state index < -0.39 is 5.54 Å². The highest BCUT2D eigenvalue weighted by atomic mass is 16.5. The molecule has 1 saturated carbocycles. The second-order valence-corrected chi connectivity index (χ2v) is 4.82. The SMILES string of the molecule is COCCN[C@@]1(c2ccccc2)CCCCC1=O. The lowest BCUT2D eigenvalue weighted by Crippen LogP contribution is -2.51. The standard InChI is InChI=1S/C15H21NO2/c1-18-12-11-16-15(10-6-5-9-14(15)17)13-7-3-2-4-8-13/h2-4,7-8,16H,5-6,9-12H2,1H3/t15-/m1/s1. The van der Waals surface area contributed by atoms with Crippen molar-refractivity contribution >= 4 is 5.78 Å². The number of rotatable bonds is 5. The molecule has 18 heavy (non-hydrogen) atoms. The van der Waals surface area contributed by atoms with E-state index in [0.717, 1.165) is 24.8 Å². The number of ketones is 1. The Bertz CT molecular complexity index is 391. The minimum atomic E-state index is -0.488. The monoisotopic (exact) mass is 247 g/mol. The highest BCUT2D eigenvalue weighted by Gasteiger charge is 2.40. The van der Waals surface area contributed by atoms with Crippen LogP contribution in [-0.2, 0) is 15.1 Å². The molecule has 1 N–H and O–H groups in total. The van der Waals surface area contributed by atoms with Gasteiger partial charge in [-0.15, -0.1) is 0 Å². The van der Waals surface area contributed by atoms with Crippen LogP contribution >= 0.6 is 0 Å². The van der Waals surface area contributed by atoms with E-state index in [4.69, 9.17) is 4.74 Å². The number of carbonyl (C=O) groups excluding carboxylic acids is 1. The van der Waals surface area contributed by atoms with E-state index in [0.29, 0.717) is 25.4 Å². The molecule has 0 heterocycles. The summed E-state index contributed by atoms with van der Waals surface area (Å²) in [6.45, 7) is 1.33. The average molecular weight is 247 g/mol. The van der Waals surface area contributed by atoms with Crippen LogP contribution in [0.15, 0.2) is 30.3 Å². The zero-order chi connectivity index (χ0) is 12.8. The van der Waals surface area contributed by atoms with Crippen LogP contribution in [-0.4, -0.2) is 26.0 Å². The van der Waals surface area contributed by atoms with Crippen LogP contribution in [0, 0.1) is 0 Å². The number of Topliss-reactive ketones (excluding diaryl/α,β-unsaturated/α-hetero) is 1. The maximum Gasteiger partial charge on any atom is 0.157 e. The van der Waals surface area contributed by atoms with Gasteiger partial charge >= 0.3 is 0 Å². The maximum absolute atomic E-state index is 12.4. The highest BCUT2D eigenvalue weighted by molar-refractivity contribution is 5.90. The third kappa shape index (κ3) is 2.62. The molecule has 1 aliphatic carbocycles. The number of ether oxygens (including phenoxy) is 1. The summed E-state index contributed by atoms with van der Waals surface area (Å²) >= 11 is 0. The Hall–Kier alpha value is -1.19. The van der Waals surface area contributed by atoms with E-state index in [1.165, 1.54) is 0 Å². The van der Waals surface area contributed by atoms with Crippen LogP contribution in [0.3, 0.4) is 0 Å². The lowest BCUT2D eigenvalue weighted by Gasteiger charge is -2.37. The molecule has 0 radical (unpaired) electrons. The Morgan fingerprint density at radius 1 is 1.28 bits per heavy atom. The normalized spacial score (nSPS) is 24.2. The van der Waals surface area contributed by atoms with Crippen LogP contribution in [0.1, 0.15) is 31.2 Å². The van der Waals surface area contributed by atoms with Crippen molar-refractivity contribution < 1.29 is 9.53 Å². The van der Waals surface area contributed by atoms with Crippen LogP contribution < -0.4 is 5.32 Å². The predicted octanol–water partition coefficient (Wildman–Crippen LogP) is 2.26. The Balaban J connectivity index is 2.24. The van der Waals surface area contributed by atoms with Gasteiger partial charge in [-0.25, -0.2) is 0 Å². The molecule has 0 aliphatic heterocycles. The van der Waals surface area contributed by atoms with E-state index in [1.807, 2.05) is 30.3 Å². The van der Waals surface area contributed by atoms with E-state index in [-0.39, 0.29) is 0 Å². The van der Waals surface area contributed by atoms with Crippen molar-refractivity contribution in [2.24, 2.45) is 0 Å². The predicted molar refractivity (Wildman–Crippen MR) is 71.5 cm³/mol. The molecule has 2 rings (SSSR count). The fourth-order valence-electron chi connectivity index (χ4n) is 2.71. The first kappa shape index (κ1) is 13.2. The molecule has 1 aliphatic rings. The summed E-state index contributed by atoms with van der Waals surface area (Å²) in [5.74, 6) is 0.316. The van der Waals surface area contributed by atoms with E-state index in [9.17, 15) is 4.79 Å². The summed E-state index contributed by atoms with van der Waals surface area (Å²) in [5.41, 5.74) is 0.601. The Kier molecular flexibility index (Phi) is 4.50. The number of nitrogens with one attached hydrogen (secondary N) is 1. The number of hydrogen-bond donors (Lipinski definition) is 1. The van der Waals surface area contributed by atoms with Crippen LogP contribution in [0.4, 0.5) is 0 Å². The molecular weight excluding hydrogens is 226 g/mol.